The van der Waals surface area contributed by atoms with E-state index in [-0.39, 0.29) is 11.7 Å². The van der Waals surface area contributed by atoms with Crippen LogP contribution >= 0.6 is 0 Å². The number of piperazine rings is 1. The molecule has 7 heteroatoms. The summed E-state index contributed by atoms with van der Waals surface area (Å²) in [6, 6.07) is 15.1. The van der Waals surface area contributed by atoms with Gasteiger partial charge in [0.2, 0.25) is 11.8 Å². The van der Waals surface area contributed by atoms with Gasteiger partial charge in [-0.3, -0.25) is 9.69 Å². The Balaban J connectivity index is 1.06. The summed E-state index contributed by atoms with van der Waals surface area (Å²) in [6.07, 6.45) is 3.26. The van der Waals surface area contributed by atoms with Crippen LogP contribution in [0.3, 0.4) is 0 Å². The third-order valence-corrected chi connectivity index (χ3v) is 6.51. The van der Waals surface area contributed by atoms with E-state index in [4.69, 9.17) is 4.74 Å². The summed E-state index contributed by atoms with van der Waals surface area (Å²) in [5, 5.41) is 4.49. The van der Waals surface area contributed by atoms with Crippen LogP contribution in [-0.2, 0) is 11.2 Å². The first-order valence-corrected chi connectivity index (χ1v) is 11.7. The number of carbonyl (C=O) groups is 1. The molecule has 0 aliphatic carbocycles. The molecule has 0 atom stereocenters. The lowest BCUT2D eigenvalue weighted by atomic mass is 10.1. The average Bonchev–Trinajstić information content (AvgIpc) is 2.84. The molecular weight excluding hydrogens is 419 g/mol. The van der Waals surface area contributed by atoms with Crippen molar-refractivity contribution in [3.8, 4) is 5.88 Å². The molecule has 3 heterocycles. The minimum atomic E-state index is -0.162. The molecule has 172 valence electrons. The Morgan fingerprint density at radius 1 is 0.939 bits per heavy atom. The lowest BCUT2D eigenvalue weighted by molar-refractivity contribution is -0.116. The molecule has 2 aliphatic rings. The van der Waals surface area contributed by atoms with Crippen molar-refractivity contribution in [2.45, 2.75) is 25.7 Å². The topological polar surface area (TPSA) is 57.7 Å². The number of nitrogens with one attached hydrogen (secondary N) is 1. The second kappa shape index (κ2) is 9.75. The number of benzene rings is 2. The van der Waals surface area contributed by atoms with Crippen LogP contribution in [0.15, 0.2) is 48.5 Å². The van der Waals surface area contributed by atoms with Gasteiger partial charge in [0, 0.05) is 55.1 Å². The van der Waals surface area contributed by atoms with Gasteiger partial charge < -0.3 is 15.0 Å². The van der Waals surface area contributed by atoms with E-state index in [1.54, 1.807) is 6.07 Å². The number of amides is 1. The quantitative estimate of drug-likeness (QED) is 0.548. The number of unbranched alkanes of at least 4 members (excludes halogenated alkanes) is 1. The number of carbonyl (C=O) groups excluding carboxylic acids is 1. The maximum absolute atomic E-state index is 14.1. The average molecular weight is 449 g/mol. The van der Waals surface area contributed by atoms with Crippen molar-refractivity contribution in [3.63, 3.8) is 0 Å². The third kappa shape index (κ3) is 4.93. The number of fused-ring (bicyclic) bond motifs is 2. The first kappa shape index (κ1) is 21.6. The van der Waals surface area contributed by atoms with Gasteiger partial charge in [-0.1, -0.05) is 24.3 Å². The SMILES string of the molecule is O=C1CCc2ccc(OCCCCN3CCN(c4ccc(F)c5ccccc45)CC3)nc2N1. The molecule has 1 fully saturated rings. The molecule has 1 aromatic heterocycles. The molecule has 5 rings (SSSR count). The molecule has 0 bridgehead atoms. The van der Waals surface area contributed by atoms with Crippen molar-refractivity contribution in [2.24, 2.45) is 0 Å². The maximum Gasteiger partial charge on any atom is 0.225 e. The van der Waals surface area contributed by atoms with Gasteiger partial charge in [0.05, 0.1) is 6.61 Å². The first-order valence-electron chi connectivity index (χ1n) is 11.7. The molecule has 0 radical (unpaired) electrons. The zero-order chi connectivity index (χ0) is 22.6. The molecular formula is C26H29FN4O2. The van der Waals surface area contributed by atoms with Gasteiger partial charge in [-0.2, -0.15) is 4.98 Å². The van der Waals surface area contributed by atoms with Crippen LogP contribution in [-0.4, -0.2) is 55.1 Å². The van der Waals surface area contributed by atoms with Crippen molar-refractivity contribution in [1.29, 1.82) is 0 Å². The predicted octanol–water partition coefficient (Wildman–Crippen LogP) is 4.24. The Morgan fingerprint density at radius 2 is 1.76 bits per heavy atom. The first-order chi connectivity index (χ1) is 16.2. The Bertz CT molecular complexity index is 1140. The highest BCUT2D eigenvalue weighted by Gasteiger charge is 2.19. The number of pyridine rings is 1. The molecule has 33 heavy (non-hydrogen) atoms. The number of aryl methyl sites for hydroxylation is 1. The van der Waals surface area contributed by atoms with Crippen molar-refractivity contribution in [2.75, 3.05) is 49.5 Å². The number of anilines is 2. The second-order valence-electron chi connectivity index (χ2n) is 8.70. The van der Waals surface area contributed by atoms with Crippen LogP contribution in [0, 0.1) is 5.82 Å². The summed E-state index contributed by atoms with van der Waals surface area (Å²) >= 11 is 0. The van der Waals surface area contributed by atoms with Crippen LogP contribution in [0.5, 0.6) is 5.88 Å². The van der Waals surface area contributed by atoms with E-state index in [0.29, 0.717) is 30.1 Å². The van der Waals surface area contributed by atoms with Crippen molar-refractivity contribution in [1.82, 2.24) is 9.88 Å². The highest BCUT2D eigenvalue weighted by atomic mass is 19.1. The van der Waals surface area contributed by atoms with E-state index in [0.717, 1.165) is 68.6 Å². The number of nitrogens with zero attached hydrogens (tertiary/aromatic N) is 3. The van der Waals surface area contributed by atoms with Gasteiger partial charge in [-0.15, -0.1) is 0 Å². The van der Waals surface area contributed by atoms with Gasteiger partial charge in [-0.05, 0) is 49.6 Å². The zero-order valence-corrected chi connectivity index (χ0v) is 18.7. The van der Waals surface area contributed by atoms with Crippen LogP contribution in [0.25, 0.3) is 10.8 Å². The van der Waals surface area contributed by atoms with E-state index in [1.807, 2.05) is 42.5 Å². The molecule has 1 amide bonds. The predicted molar refractivity (Wildman–Crippen MR) is 128 cm³/mol. The van der Waals surface area contributed by atoms with E-state index in [2.05, 4.69) is 20.1 Å². The molecule has 2 aromatic carbocycles. The monoisotopic (exact) mass is 448 g/mol. The summed E-state index contributed by atoms with van der Waals surface area (Å²) < 4.78 is 19.9. The molecule has 0 unspecified atom stereocenters. The van der Waals surface area contributed by atoms with E-state index >= 15 is 0 Å². The molecule has 1 N–H and O–H groups in total. The fraction of sp³-hybridized carbons (Fsp3) is 0.385. The van der Waals surface area contributed by atoms with Gasteiger partial charge >= 0.3 is 0 Å². The largest absolute Gasteiger partial charge is 0.478 e. The lowest BCUT2D eigenvalue weighted by Crippen LogP contribution is -2.46. The van der Waals surface area contributed by atoms with Crippen molar-refractivity contribution in [3.05, 3.63) is 59.9 Å². The van der Waals surface area contributed by atoms with Gasteiger partial charge in [-0.25, -0.2) is 4.39 Å². The summed E-state index contributed by atoms with van der Waals surface area (Å²) in [5.41, 5.74) is 2.18. The normalized spacial score (nSPS) is 16.5. The van der Waals surface area contributed by atoms with Crippen LogP contribution in [0.2, 0.25) is 0 Å². The fourth-order valence-electron chi connectivity index (χ4n) is 4.65. The number of hydrogen-bond acceptors (Lipinski definition) is 5. The third-order valence-electron chi connectivity index (χ3n) is 6.51. The summed E-state index contributed by atoms with van der Waals surface area (Å²) in [4.78, 5) is 20.8. The maximum atomic E-state index is 14.1. The molecule has 1 saturated heterocycles. The van der Waals surface area contributed by atoms with Crippen molar-refractivity contribution >= 4 is 28.2 Å². The minimum absolute atomic E-state index is 0.0138. The van der Waals surface area contributed by atoms with E-state index in [9.17, 15) is 9.18 Å². The smallest absolute Gasteiger partial charge is 0.225 e. The lowest BCUT2D eigenvalue weighted by Gasteiger charge is -2.36. The van der Waals surface area contributed by atoms with Crippen molar-refractivity contribution < 1.29 is 13.9 Å². The Morgan fingerprint density at radius 3 is 2.61 bits per heavy atom. The standard InChI is InChI=1S/C26H29FN4O2/c27-22-9-10-23(21-6-2-1-5-20(21)22)31-16-14-30(15-17-31)13-3-4-18-33-25-12-8-19-7-11-24(32)28-26(19)29-25/h1-2,5-6,8-10,12H,3-4,7,11,13-18H2,(H,28,29,32). The zero-order valence-electron chi connectivity index (χ0n) is 18.7. The summed E-state index contributed by atoms with van der Waals surface area (Å²) in [6.45, 7) is 5.53. The van der Waals surface area contributed by atoms with E-state index in [1.165, 1.54) is 0 Å². The van der Waals surface area contributed by atoms with Gasteiger partial charge in [0.1, 0.15) is 11.6 Å². The molecule has 0 spiro atoms. The molecule has 2 aliphatic heterocycles. The van der Waals surface area contributed by atoms with E-state index < -0.39 is 0 Å². The molecule has 0 saturated carbocycles. The Hall–Kier alpha value is -3.19. The van der Waals surface area contributed by atoms with Crippen LogP contribution in [0.4, 0.5) is 15.9 Å². The fourth-order valence-corrected chi connectivity index (χ4v) is 4.65. The summed E-state index contributed by atoms with van der Waals surface area (Å²) in [5.74, 6) is 1.05. The second-order valence-corrected chi connectivity index (χ2v) is 8.70. The van der Waals surface area contributed by atoms with Crippen LogP contribution < -0.4 is 15.0 Å². The van der Waals surface area contributed by atoms with Crippen LogP contribution in [0.1, 0.15) is 24.8 Å². The number of aromatic nitrogens is 1. The number of rotatable bonds is 7. The molecule has 6 nitrogen and oxygen atoms in total. The highest BCUT2D eigenvalue weighted by Crippen LogP contribution is 2.29. The number of ether oxygens (including phenoxy) is 1. The van der Waals surface area contributed by atoms with Gasteiger partial charge in [0.15, 0.2) is 0 Å². The Labute approximate surface area is 193 Å². The number of hydrogen-bond donors (Lipinski definition) is 1. The Kier molecular flexibility index (Phi) is 6.39. The van der Waals surface area contributed by atoms with Gasteiger partial charge in [0.25, 0.3) is 0 Å². The number of halogens is 1. The minimum Gasteiger partial charge on any atom is -0.478 e. The highest BCUT2D eigenvalue weighted by molar-refractivity contribution is 5.95. The molecule has 3 aromatic rings. The summed E-state index contributed by atoms with van der Waals surface area (Å²) in [7, 11) is 0.